The zero-order valence-electron chi connectivity index (χ0n) is 37.4. The molecule has 14 heteroatoms. The number of aliphatic hydroxyl groups excluding tert-OH is 5. The van der Waals surface area contributed by atoms with E-state index in [1.807, 2.05) is 18.2 Å². The molecule has 0 bridgehead atoms. The number of unbranched alkanes of at least 4 members (excludes halogenated alkanes) is 10. The molecule has 354 valence electrons. The van der Waals surface area contributed by atoms with Crippen molar-refractivity contribution in [3.63, 3.8) is 0 Å². The molecule has 62 heavy (non-hydrogen) atoms. The predicted molar refractivity (Wildman–Crippen MR) is 244 cm³/mol. The molecule has 8 atom stereocenters. The Morgan fingerprint density at radius 1 is 0.516 bits per heavy atom. The number of aliphatic hydroxyl groups is 5. The third-order valence-corrected chi connectivity index (χ3v) is 11.0. The minimum absolute atomic E-state index is 0.0358. The summed E-state index contributed by atoms with van der Waals surface area (Å²) < 4.78 is 33.4. The van der Waals surface area contributed by atoms with Crippen molar-refractivity contribution >= 4 is 19.8 Å². The van der Waals surface area contributed by atoms with Gasteiger partial charge in [0.1, 0.15) is 43.2 Å². The van der Waals surface area contributed by atoms with Gasteiger partial charge in [-0.25, -0.2) is 4.57 Å². The van der Waals surface area contributed by atoms with Gasteiger partial charge in [0.05, 0.1) is 6.61 Å². The van der Waals surface area contributed by atoms with E-state index in [1.54, 1.807) is 0 Å². The molecule has 0 aromatic rings. The van der Waals surface area contributed by atoms with Crippen LogP contribution in [0, 0.1) is 0 Å². The molecule has 0 saturated heterocycles. The summed E-state index contributed by atoms with van der Waals surface area (Å²) in [6, 6.07) is 0. The van der Waals surface area contributed by atoms with Crippen LogP contribution in [0.2, 0.25) is 0 Å². The first-order chi connectivity index (χ1) is 29.9. The molecule has 0 amide bonds. The van der Waals surface area contributed by atoms with E-state index in [0.717, 1.165) is 70.6 Å². The lowest BCUT2D eigenvalue weighted by Gasteiger charge is -2.41. The second kappa shape index (κ2) is 37.4. The Morgan fingerprint density at radius 2 is 0.952 bits per heavy atom. The molecule has 13 nitrogen and oxygen atoms in total. The Hall–Kier alpha value is -2.97. The number of esters is 2. The van der Waals surface area contributed by atoms with Gasteiger partial charge in [0.2, 0.25) is 0 Å². The van der Waals surface area contributed by atoms with Gasteiger partial charge in [0, 0.05) is 12.8 Å². The molecule has 0 spiro atoms. The first-order valence-electron chi connectivity index (χ1n) is 22.9. The third-order valence-electron chi connectivity index (χ3n) is 9.98. The zero-order chi connectivity index (χ0) is 45.7. The van der Waals surface area contributed by atoms with Crippen LogP contribution < -0.4 is 0 Å². The highest BCUT2D eigenvalue weighted by Crippen LogP contribution is 2.47. The van der Waals surface area contributed by atoms with E-state index in [-0.39, 0.29) is 12.8 Å². The second-order valence-corrected chi connectivity index (χ2v) is 16.9. The maximum atomic E-state index is 12.8. The summed E-state index contributed by atoms with van der Waals surface area (Å²) in [5.74, 6) is -1.22. The van der Waals surface area contributed by atoms with Gasteiger partial charge >= 0.3 is 19.8 Å². The Bertz CT molecular complexity index is 1400. The van der Waals surface area contributed by atoms with E-state index >= 15 is 0 Å². The highest BCUT2D eigenvalue weighted by Gasteiger charge is 2.51. The lowest BCUT2D eigenvalue weighted by atomic mass is 9.85. The molecule has 6 N–H and O–H groups in total. The maximum Gasteiger partial charge on any atom is 0.472 e. The summed E-state index contributed by atoms with van der Waals surface area (Å²) in [6.45, 7) is 3.09. The minimum atomic E-state index is -5.14. The van der Waals surface area contributed by atoms with Gasteiger partial charge in [-0.15, -0.1) is 0 Å². The van der Waals surface area contributed by atoms with Crippen LogP contribution in [0.4, 0.5) is 0 Å². The topological polar surface area (TPSA) is 210 Å². The van der Waals surface area contributed by atoms with Crippen LogP contribution >= 0.6 is 7.82 Å². The summed E-state index contributed by atoms with van der Waals surface area (Å²) in [4.78, 5) is 35.6. The van der Waals surface area contributed by atoms with Crippen LogP contribution in [-0.4, -0.2) is 98.3 Å². The average Bonchev–Trinajstić information content (AvgIpc) is 3.25. The molecule has 6 unspecified atom stereocenters. The Kier molecular flexibility index (Phi) is 34.4. The van der Waals surface area contributed by atoms with Crippen LogP contribution in [0.3, 0.4) is 0 Å². The SMILES string of the molecule is CC/C=C/C/C=C/C/C=C/C/C=C/C/C=C/C/C=C/CCC(=O)OC[C@@H](COP(=O)(O)OC1C(O)C(O)C(O)[C@H](O)C1O)OC(=O)CCCCCCC/C=C/CCCCCCC. The van der Waals surface area contributed by atoms with Crippen molar-refractivity contribution in [2.75, 3.05) is 13.2 Å². The quantitative estimate of drug-likeness (QED) is 0.0150. The molecule has 0 aromatic carbocycles. The number of ether oxygens (including phenoxy) is 2. The summed E-state index contributed by atoms with van der Waals surface area (Å²) in [5, 5.41) is 50.1. The number of phosphoric ester groups is 1. The highest BCUT2D eigenvalue weighted by atomic mass is 31.2. The van der Waals surface area contributed by atoms with E-state index in [1.165, 1.54) is 32.1 Å². The zero-order valence-corrected chi connectivity index (χ0v) is 38.3. The van der Waals surface area contributed by atoms with E-state index in [4.69, 9.17) is 18.5 Å². The van der Waals surface area contributed by atoms with Crippen LogP contribution in [0.25, 0.3) is 0 Å². The number of carbonyl (C=O) groups excluding carboxylic acids is 2. The second-order valence-electron chi connectivity index (χ2n) is 15.5. The van der Waals surface area contributed by atoms with Gasteiger partial charge in [-0.3, -0.25) is 18.6 Å². The largest absolute Gasteiger partial charge is 0.472 e. The lowest BCUT2D eigenvalue weighted by molar-refractivity contribution is -0.220. The minimum Gasteiger partial charge on any atom is -0.462 e. The molecule has 1 rings (SSSR count). The molecule has 0 aliphatic heterocycles. The molecule has 0 radical (unpaired) electrons. The van der Waals surface area contributed by atoms with Gasteiger partial charge in [-0.1, -0.05) is 144 Å². The number of carbonyl (C=O) groups is 2. The average molecular weight is 895 g/mol. The standard InChI is InChI=1S/C48H79O13P/c1-3-5-7-9-11-13-15-17-19-20-21-22-23-25-26-28-30-32-34-36-41(49)58-38-40(39-59-62(56,57)61-48-46(54)44(52)43(51)45(53)47(48)55)60-42(50)37-35-33-31-29-27-24-18-16-14-12-10-8-6-4-2/h5,7,11,13,16-19,21-22,25-26,30,32,40,43-48,51-55H,3-4,6,8-10,12,14-15,20,23-24,27-29,31,33-39H2,1-2H3,(H,56,57)/b7-5+,13-11+,18-16+,19-17+,22-21+,26-25+,32-30+/t40-,43?,44-,45?,46?,47?,48?/m0/s1. The summed E-state index contributed by atoms with van der Waals surface area (Å²) >= 11 is 0. The maximum absolute atomic E-state index is 12.8. The molecule has 1 aliphatic rings. The Balaban J connectivity index is 2.53. The first kappa shape index (κ1) is 57.0. The van der Waals surface area contributed by atoms with Gasteiger partial charge in [-0.05, 0) is 77.0 Å². The van der Waals surface area contributed by atoms with Crippen molar-refractivity contribution in [2.24, 2.45) is 0 Å². The summed E-state index contributed by atoms with van der Waals surface area (Å²) in [5.41, 5.74) is 0. The van der Waals surface area contributed by atoms with E-state index < -0.39 is 75.7 Å². The number of rotatable bonds is 36. The van der Waals surface area contributed by atoms with E-state index in [2.05, 4.69) is 80.7 Å². The van der Waals surface area contributed by atoms with Crippen LogP contribution in [0.5, 0.6) is 0 Å². The number of phosphoric acid groups is 1. The molecular formula is C48H79O13P. The van der Waals surface area contributed by atoms with Crippen molar-refractivity contribution in [1.29, 1.82) is 0 Å². The smallest absolute Gasteiger partial charge is 0.462 e. The fraction of sp³-hybridized carbons (Fsp3) is 0.667. The monoisotopic (exact) mass is 895 g/mol. The van der Waals surface area contributed by atoms with Crippen LogP contribution in [0.1, 0.15) is 149 Å². The first-order valence-corrected chi connectivity index (χ1v) is 24.4. The van der Waals surface area contributed by atoms with Gasteiger partial charge in [-0.2, -0.15) is 0 Å². The summed E-state index contributed by atoms with van der Waals surface area (Å²) in [7, 11) is -5.14. The molecular weight excluding hydrogens is 815 g/mol. The number of allylic oxidation sites excluding steroid dienone is 14. The van der Waals surface area contributed by atoms with Crippen molar-refractivity contribution in [3.8, 4) is 0 Å². The predicted octanol–water partition coefficient (Wildman–Crippen LogP) is 8.89. The van der Waals surface area contributed by atoms with Crippen molar-refractivity contribution in [3.05, 3.63) is 85.1 Å². The third kappa shape index (κ3) is 29.4. The molecule has 0 aromatic heterocycles. The van der Waals surface area contributed by atoms with E-state index in [0.29, 0.717) is 19.3 Å². The molecule has 1 saturated carbocycles. The normalized spacial score (nSPS) is 22.6. The van der Waals surface area contributed by atoms with Gasteiger partial charge < -0.3 is 39.9 Å². The van der Waals surface area contributed by atoms with Crippen LogP contribution in [-0.2, 0) is 32.7 Å². The molecule has 1 aliphatic carbocycles. The Morgan fingerprint density at radius 3 is 1.47 bits per heavy atom. The fourth-order valence-corrected chi connectivity index (χ4v) is 7.28. The van der Waals surface area contributed by atoms with E-state index in [9.17, 15) is 44.6 Å². The van der Waals surface area contributed by atoms with Gasteiger partial charge in [0.25, 0.3) is 0 Å². The van der Waals surface area contributed by atoms with Crippen molar-refractivity contribution < 1.29 is 63.1 Å². The number of hydrogen-bond acceptors (Lipinski definition) is 12. The van der Waals surface area contributed by atoms with Crippen molar-refractivity contribution in [2.45, 2.75) is 191 Å². The molecule has 1 fully saturated rings. The lowest BCUT2D eigenvalue weighted by Crippen LogP contribution is -2.64. The fourth-order valence-electron chi connectivity index (χ4n) is 6.31. The van der Waals surface area contributed by atoms with Crippen molar-refractivity contribution in [1.82, 2.24) is 0 Å². The van der Waals surface area contributed by atoms with Crippen LogP contribution in [0.15, 0.2) is 85.1 Å². The Labute approximate surface area is 371 Å². The number of hydrogen-bond donors (Lipinski definition) is 6. The van der Waals surface area contributed by atoms with Gasteiger partial charge in [0.15, 0.2) is 6.10 Å². The molecule has 0 heterocycles. The highest BCUT2D eigenvalue weighted by molar-refractivity contribution is 7.47. The summed E-state index contributed by atoms with van der Waals surface area (Å²) in [6.07, 6.45) is 35.1.